The predicted molar refractivity (Wildman–Crippen MR) is 259 cm³/mol. The largest absolute Gasteiger partial charge is 0.315 e. The van der Waals surface area contributed by atoms with Crippen LogP contribution >= 0.6 is 0 Å². The van der Waals surface area contributed by atoms with Gasteiger partial charge in [-0.1, -0.05) is 128 Å². The molecule has 1 aliphatic carbocycles. The zero-order chi connectivity index (χ0) is 40.2. The van der Waals surface area contributed by atoms with Gasteiger partial charge in [0.05, 0.1) is 0 Å². The summed E-state index contributed by atoms with van der Waals surface area (Å²) < 4.78 is 0. The van der Waals surface area contributed by atoms with Gasteiger partial charge in [0, 0.05) is 68.3 Å². The number of anilines is 11. The van der Waals surface area contributed by atoms with Gasteiger partial charge in [0.2, 0.25) is 0 Å². The fourth-order valence-electron chi connectivity index (χ4n) is 11.2. The van der Waals surface area contributed by atoms with E-state index >= 15 is 0 Å². The Hall–Kier alpha value is -7.43. The van der Waals surface area contributed by atoms with Gasteiger partial charge in [0.25, 0.3) is 13.4 Å². The van der Waals surface area contributed by atoms with E-state index in [2.05, 4.69) is 233 Å². The quantitative estimate of drug-likeness (QED) is 0.165. The number of hydrogen-bond acceptors (Lipinski definition) is 4. The molecule has 0 aromatic heterocycles. The smallest absolute Gasteiger partial charge is 0.252 e. The first kappa shape index (κ1) is 34.4. The van der Waals surface area contributed by atoms with Crippen LogP contribution in [0, 0.1) is 5.92 Å². The fraction of sp³-hybridized carbons (Fsp3) is 0.0545. The molecule has 4 heterocycles. The SMILES string of the molecule is CC1CC=CC2=C1N(c1ccccc1)c1cccc3c1B2c1cc2c(cc1N3c1ccccc1)N(c1ccccc1)c1cccc3c1B2c1ccccc1N3c1ccccc1. The van der Waals surface area contributed by atoms with E-state index in [-0.39, 0.29) is 13.4 Å². The lowest BCUT2D eigenvalue weighted by Gasteiger charge is -2.48. The van der Waals surface area contributed by atoms with E-state index < -0.39 is 0 Å². The molecule has 0 amide bonds. The van der Waals surface area contributed by atoms with Crippen LogP contribution < -0.4 is 46.9 Å². The average Bonchev–Trinajstić information content (AvgIpc) is 3.32. The fourth-order valence-corrected chi connectivity index (χ4v) is 11.2. The van der Waals surface area contributed by atoms with Gasteiger partial charge in [-0.3, -0.25) is 0 Å². The third-order valence-electron chi connectivity index (χ3n) is 13.6. The van der Waals surface area contributed by atoms with E-state index in [1.165, 1.54) is 84.0 Å². The molecule has 5 aliphatic rings. The molecule has 0 saturated heterocycles. The number of nitrogens with zero attached hydrogens (tertiary/aromatic N) is 4. The Morgan fingerprint density at radius 1 is 0.377 bits per heavy atom. The summed E-state index contributed by atoms with van der Waals surface area (Å²) in [5.41, 5.74) is 22.8. The van der Waals surface area contributed by atoms with Crippen molar-refractivity contribution < 1.29 is 0 Å². The van der Waals surface area contributed by atoms with Gasteiger partial charge < -0.3 is 19.6 Å². The van der Waals surface area contributed by atoms with E-state index in [4.69, 9.17) is 0 Å². The molecule has 13 rings (SSSR count). The molecule has 0 spiro atoms. The third-order valence-corrected chi connectivity index (χ3v) is 13.6. The molecule has 4 nitrogen and oxygen atoms in total. The van der Waals surface area contributed by atoms with Crippen molar-refractivity contribution in [2.24, 2.45) is 5.92 Å². The number of allylic oxidation sites excluding steroid dienone is 4. The van der Waals surface area contributed by atoms with Crippen molar-refractivity contribution in [1.29, 1.82) is 0 Å². The Labute approximate surface area is 358 Å². The molecule has 1 atom stereocenters. The highest BCUT2D eigenvalue weighted by Gasteiger charge is 2.48. The first-order valence-corrected chi connectivity index (χ1v) is 21.6. The molecule has 0 fully saturated rings. The number of para-hydroxylation sites is 5. The van der Waals surface area contributed by atoms with E-state index in [9.17, 15) is 0 Å². The molecular formula is C55H40B2N4. The standard InChI is InChI=1S/C55H40B2N4/c1-37-19-16-29-43-55(37)61(41-26-12-5-13-27-41)50-34-18-33-49-54(50)57(43)45-35-44-51(36-52(45)60(49)40-24-10-4-11-25-40)59(39-22-8-3-9-23-39)48-32-17-31-47-53(48)56(44)42-28-14-15-30-46(42)58(47)38-20-6-2-7-21-38/h2-18,20-37H,19H2,1H3. The van der Waals surface area contributed by atoms with Gasteiger partial charge in [-0.15, -0.1) is 0 Å². The lowest BCUT2D eigenvalue weighted by Crippen LogP contribution is -2.63. The van der Waals surface area contributed by atoms with Crippen LogP contribution in [0.1, 0.15) is 13.3 Å². The minimum atomic E-state index is 0.0168. The maximum atomic E-state index is 2.62. The van der Waals surface area contributed by atoms with Crippen LogP contribution in [0.4, 0.5) is 62.6 Å². The van der Waals surface area contributed by atoms with Crippen LogP contribution in [0.3, 0.4) is 0 Å². The molecule has 1 unspecified atom stereocenters. The molecule has 4 aliphatic heterocycles. The minimum Gasteiger partial charge on any atom is -0.315 e. The van der Waals surface area contributed by atoms with Crippen LogP contribution in [-0.2, 0) is 0 Å². The van der Waals surface area contributed by atoms with Gasteiger partial charge in [0.15, 0.2) is 0 Å². The number of fused-ring (bicyclic) bond motifs is 7. The van der Waals surface area contributed by atoms with Gasteiger partial charge in [-0.05, 0) is 130 Å². The Morgan fingerprint density at radius 3 is 1.33 bits per heavy atom. The number of benzene rings is 8. The van der Waals surface area contributed by atoms with E-state index in [0.717, 1.165) is 23.5 Å². The zero-order valence-electron chi connectivity index (χ0n) is 33.9. The summed E-state index contributed by atoms with van der Waals surface area (Å²) in [7, 11) is 0. The molecule has 286 valence electrons. The molecular weight excluding hydrogens is 738 g/mol. The summed E-state index contributed by atoms with van der Waals surface area (Å²) in [6.45, 7) is 2.47. The van der Waals surface area contributed by atoms with E-state index in [1.54, 1.807) is 0 Å². The molecule has 0 bridgehead atoms. The Morgan fingerprint density at radius 2 is 0.787 bits per heavy atom. The molecule has 0 saturated carbocycles. The summed E-state index contributed by atoms with van der Waals surface area (Å²) in [5.74, 6) is 0.349. The summed E-state index contributed by atoms with van der Waals surface area (Å²) in [6, 6.07) is 71.9. The van der Waals surface area contributed by atoms with Crippen molar-refractivity contribution >= 4 is 103 Å². The van der Waals surface area contributed by atoms with Crippen molar-refractivity contribution in [3.05, 3.63) is 217 Å². The second kappa shape index (κ2) is 13.3. The van der Waals surface area contributed by atoms with Crippen LogP contribution in [0.5, 0.6) is 0 Å². The van der Waals surface area contributed by atoms with Crippen LogP contribution in [0.25, 0.3) is 0 Å². The van der Waals surface area contributed by atoms with Gasteiger partial charge in [-0.25, -0.2) is 0 Å². The second-order valence-corrected chi connectivity index (χ2v) is 16.9. The highest BCUT2D eigenvalue weighted by molar-refractivity contribution is 7.01. The van der Waals surface area contributed by atoms with Crippen molar-refractivity contribution in [2.45, 2.75) is 13.3 Å². The molecule has 61 heavy (non-hydrogen) atoms. The Kier molecular flexibility index (Phi) is 7.50. The number of rotatable bonds is 4. The van der Waals surface area contributed by atoms with Crippen molar-refractivity contribution in [3.63, 3.8) is 0 Å². The zero-order valence-corrected chi connectivity index (χ0v) is 33.9. The lowest BCUT2D eigenvalue weighted by molar-refractivity contribution is 0.666. The molecule has 8 aromatic carbocycles. The highest BCUT2D eigenvalue weighted by Crippen LogP contribution is 2.50. The summed E-state index contributed by atoms with van der Waals surface area (Å²) in [5, 5.41) is 0. The maximum absolute atomic E-state index is 2.62. The summed E-state index contributed by atoms with van der Waals surface area (Å²) >= 11 is 0. The first-order chi connectivity index (χ1) is 30.2. The normalized spacial score (nSPS) is 16.4. The summed E-state index contributed by atoms with van der Waals surface area (Å²) in [6.07, 6.45) is 5.88. The van der Waals surface area contributed by atoms with Crippen LogP contribution in [0.15, 0.2) is 217 Å². The summed E-state index contributed by atoms with van der Waals surface area (Å²) in [4.78, 5) is 10.1. The maximum Gasteiger partial charge on any atom is 0.252 e. The van der Waals surface area contributed by atoms with Gasteiger partial charge in [-0.2, -0.15) is 0 Å². The Balaban J connectivity index is 1.14. The highest BCUT2D eigenvalue weighted by atomic mass is 15.2. The van der Waals surface area contributed by atoms with E-state index in [1.807, 2.05) is 0 Å². The van der Waals surface area contributed by atoms with Crippen LogP contribution in [0.2, 0.25) is 0 Å². The first-order valence-electron chi connectivity index (χ1n) is 21.6. The molecule has 0 radical (unpaired) electrons. The van der Waals surface area contributed by atoms with Crippen molar-refractivity contribution in [2.75, 3.05) is 19.6 Å². The number of hydrogen-bond donors (Lipinski definition) is 0. The van der Waals surface area contributed by atoms with Gasteiger partial charge in [0.1, 0.15) is 0 Å². The average molecular weight is 779 g/mol. The van der Waals surface area contributed by atoms with Crippen LogP contribution in [-0.4, -0.2) is 13.4 Å². The van der Waals surface area contributed by atoms with E-state index in [0.29, 0.717) is 5.92 Å². The van der Waals surface area contributed by atoms with Gasteiger partial charge >= 0.3 is 0 Å². The monoisotopic (exact) mass is 778 g/mol. The molecule has 6 heteroatoms. The van der Waals surface area contributed by atoms with Crippen molar-refractivity contribution in [3.8, 4) is 0 Å². The predicted octanol–water partition coefficient (Wildman–Crippen LogP) is 10.7. The lowest BCUT2D eigenvalue weighted by atomic mass is 9.29. The minimum absolute atomic E-state index is 0.0168. The molecule has 8 aromatic rings. The Bertz CT molecular complexity index is 3110. The second-order valence-electron chi connectivity index (χ2n) is 16.9. The van der Waals surface area contributed by atoms with Crippen molar-refractivity contribution in [1.82, 2.24) is 0 Å². The third kappa shape index (κ3) is 4.90. The topological polar surface area (TPSA) is 13.0 Å². The molecule has 0 N–H and O–H groups in total.